The van der Waals surface area contributed by atoms with Crippen LogP contribution in [0, 0.1) is 0 Å². The van der Waals surface area contributed by atoms with E-state index in [2.05, 4.69) is 0 Å². The molecule has 1 atom stereocenters. The molecule has 0 aromatic carbocycles. The van der Waals surface area contributed by atoms with Gasteiger partial charge in [0.05, 0.1) is 6.10 Å². The van der Waals surface area contributed by atoms with Gasteiger partial charge >= 0.3 is 0 Å². The van der Waals surface area contributed by atoms with E-state index >= 15 is 0 Å². The molecule has 1 fully saturated rings. The van der Waals surface area contributed by atoms with Gasteiger partial charge in [0.2, 0.25) is 0 Å². The predicted octanol–water partition coefficient (Wildman–Crippen LogP) is 1.55. The molecule has 13 heavy (non-hydrogen) atoms. The quantitative estimate of drug-likeness (QED) is 0.590. The predicted molar refractivity (Wildman–Crippen MR) is 49.7 cm³/mol. The molecule has 0 aliphatic carbocycles. The van der Waals surface area contributed by atoms with Gasteiger partial charge in [0.1, 0.15) is 6.61 Å². The smallest absolute Gasteiger partial charge is 0.161 e. The maximum absolute atomic E-state index is 11.3. The van der Waals surface area contributed by atoms with Crippen LogP contribution in [0.2, 0.25) is 0 Å². The van der Waals surface area contributed by atoms with E-state index < -0.39 is 0 Å². The summed E-state index contributed by atoms with van der Waals surface area (Å²) in [6.45, 7) is 3.78. The average Bonchev–Trinajstić information content (AvgIpc) is 2.57. The van der Waals surface area contributed by atoms with Crippen molar-refractivity contribution in [2.24, 2.45) is 0 Å². The lowest BCUT2D eigenvalue weighted by Gasteiger charge is -2.07. The number of carbonyl (C=O) groups excluding carboxylic acids is 1. The third-order valence-electron chi connectivity index (χ3n) is 2.09. The van der Waals surface area contributed by atoms with Crippen LogP contribution in [0.3, 0.4) is 0 Å². The van der Waals surface area contributed by atoms with E-state index in [4.69, 9.17) is 9.47 Å². The van der Waals surface area contributed by atoms with Crippen LogP contribution >= 0.6 is 0 Å². The molecule has 0 radical (unpaired) electrons. The highest BCUT2D eigenvalue weighted by Crippen LogP contribution is 2.15. The van der Waals surface area contributed by atoms with E-state index in [1.165, 1.54) is 0 Å². The zero-order valence-electron chi connectivity index (χ0n) is 8.25. The van der Waals surface area contributed by atoms with Gasteiger partial charge in [-0.05, 0) is 19.3 Å². The Morgan fingerprint density at radius 1 is 1.62 bits per heavy atom. The molecule has 0 saturated carbocycles. The van der Waals surface area contributed by atoms with Gasteiger partial charge in [-0.15, -0.1) is 0 Å². The van der Waals surface area contributed by atoms with Gasteiger partial charge in [-0.2, -0.15) is 0 Å². The molecule has 0 aromatic heterocycles. The minimum Gasteiger partial charge on any atom is -0.378 e. The lowest BCUT2D eigenvalue weighted by atomic mass is 10.1. The number of hydrogen-bond donors (Lipinski definition) is 0. The van der Waals surface area contributed by atoms with Crippen LogP contribution in [0.25, 0.3) is 0 Å². The van der Waals surface area contributed by atoms with E-state index in [1.54, 1.807) is 0 Å². The molecule has 3 heteroatoms. The maximum atomic E-state index is 11.3. The molecule has 1 aliphatic rings. The van der Waals surface area contributed by atoms with Crippen molar-refractivity contribution in [3.8, 4) is 0 Å². The largest absolute Gasteiger partial charge is 0.378 e. The number of ether oxygens (including phenoxy) is 2. The van der Waals surface area contributed by atoms with Crippen molar-refractivity contribution in [3.63, 3.8) is 0 Å². The van der Waals surface area contributed by atoms with Gasteiger partial charge < -0.3 is 9.47 Å². The summed E-state index contributed by atoms with van der Waals surface area (Å²) in [6, 6.07) is 0. The average molecular weight is 186 g/mol. The third kappa shape index (κ3) is 4.39. The minimum absolute atomic E-state index is 0.165. The van der Waals surface area contributed by atoms with E-state index in [9.17, 15) is 4.79 Å². The lowest BCUT2D eigenvalue weighted by molar-refractivity contribution is -0.125. The Balaban J connectivity index is 2.02. The second-order valence-electron chi connectivity index (χ2n) is 3.43. The Morgan fingerprint density at radius 3 is 3.08 bits per heavy atom. The normalized spacial score (nSPS) is 22.1. The lowest BCUT2D eigenvalue weighted by Crippen LogP contribution is -2.17. The monoisotopic (exact) mass is 186 g/mol. The summed E-state index contributed by atoms with van der Waals surface area (Å²) < 4.78 is 10.5. The summed E-state index contributed by atoms with van der Waals surface area (Å²) in [5.41, 5.74) is 0. The standard InChI is InChI=1S/C10H18O3/c1-2-5-12-8-9(11)7-10-4-3-6-13-10/h10H,2-8H2,1H3. The number of carbonyl (C=O) groups is 1. The molecular formula is C10H18O3. The van der Waals surface area contributed by atoms with Crippen molar-refractivity contribution in [2.45, 2.75) is 38.7 Å². The molecule has 1 heterocycles. The number of ketones is 1. The van der Waals surface area contributed by atoms with Crippen LogP contribution in [0.1, 0.15) is 32.6 Å². The second kappa shape index (κ2) is 6.11. The molecule has 1 rings (SSSR count). The molecule has 1 aliphatic heterocycles. The topological polar surface area (TPSA) is 35.5 Å². The molecule has 1 saturated heterocycles. The Kier molecular flexibility index (Phi) is 5.01. The molecular weight excluding hydrogens is 168 g/mol. The van der Waals surface area contributed by atoms with Crippen LogP contribution in [-0.4, -0.2) is 31.7 Å². The van der Waals surface area contributed by atoms with Gasteiger partial charge in [-0.1, -0.05) is 6.92 Å². The van der Waals surface area contributed by atoms with Crippen molar-refractivity contribution in [1.82, 2.24) is 0 Å². The van der Waals surface area contributed by atoms with Crippen LogP contribution in [0.15, 0.2) is 0 Å². The van der Waals surface area contributed by atoms with Gasteiger partial charge in [-0.25, -0.2) is 0 Å². The first-order valence-electron chi connectivity index (χ1n) is 5.04. The van der Waals surface area contributed by atoms with E-state index in [0.29, 0.717) is 13.0 Å². The Hall–Kier alpha value is -0.410. The summed E-state index contributed by atoms with van der Waals surface area (Å²) in [6.07, 6.45) is 3.78. The number of Topliss-reactive ketones (excluding diaryl/α,β-unsaturated/α-hetero) is 1. The number of hydrogen-bond acceptors (Lipinski definition) is 3. The van der Waals surface area contributed by atoms with Crippen LogP contribution in [0.4, 0.5) is 0 Å². The van der Waals surface area contributed by atoms with Crippen molar-refractivity contribution < 1.29 is 14.3 Å². The van der Waals surface area contributed by atoms with E-state index in [1.807, 2.05) is 6.92 Å². The zero-order valence-corrected chi connectivity index (χ0v) is 8.25. The molecule has 76 valence electrons. The summed E-state index contributed by atoms with van der Waals surface area (Å²) >= 11 is 0. The van der Waals surface area contributed by atoms with Gasteiger partial charge in [0.15, 0.2) is 5.78 Å². The highest BCUT2D eigenvalue weighted by atomic mass is 16.5. The third-order valence-corrected chi connectivity index (χ3v) is 2.09. The molecule has 0 N–H and O–H groups in total. The Morgan fingerprint density at radius 2 is 2.46 bits per heavy atom. The van der Waals surface area contributed by atoms with Gasteiger partial charge in [-0.3, -0.25) is 4.79 Å². The second-order valence-corrected chi connectivity index (χ2v) is 3.43. The molecule has 0 amide bonds. The van der Waals surface area contributed by atoms with Crippen LogP contribution in [-0.2, 0) is 14.3 Å². The Bertz CT molecular complexity index is 150. The first-order valence-corrected chi connectivity index (χ1v) is 5.04. The molecule has 3 nitrogen and oxygen atoms in total. The van der Waals surface area contributed by atoms with Crippen LogP contribution in [0.5, 0.6) is 0 Å². The van der Waals surface area contributed by atoms with Crippen LogP contribution < -0.4 is 0 Å². The SMILES string of the molecule is CCCOCC(=O)CC1CCCO1. The zero-order chi connectivity index (χ0) is 9.52. The first-order chi connectivity index (χ1) is 6.33. The summed E-state index contributed by atoms with van der Waals surface area (Å²) in [7, 11) is 0. The van der Waals surface area contributed by atoms with Crippen molar-refractivity contribution in [2.75, 3.05) is 19.8 Å². The van der Waals surface area contributed by atoms with Gasteiger partial charge in [0.25, 0.3) is 0 Å². The minimum atomic E-state index is 0.165. The highest BCUT2D eigenvalue weighted by Gasteiger charge is 2.18. The maximum Gasteiger partial charge on any atom is 0.161 e. The fourth-order valence-corrected chi connectivity index (χ4v) is 1.45. The van der Waals surface area contributed by atoms with Crippen molar-refractivity contribution >= 4 is 5.78 Å². The fourth-order valence-electron chi connectivity index (χ4n) is 1.45. The summed E-state index contributed by atoms with van der Waals surface area (Å²) in [5.74, 6) is 0.167. The summed E-state index contributed by atoms with van der Waals surface area (Å²) in [5, 5.41) is 0. The highest BCUT2D eigenvalue weighted by molar-refractivity contribution is 5.80. The van der Waals surface area contributed by atoms with E-state index in [-0.39, 0.29) is 18.5 Å². The van der Waals surface area contributed by atoms with Crippen molar-refractivity contribution in [1.29, 1.82) is 0 Å². The Labute approximate surface area is 79.4 Å². The number of rotatable bonds is 6. The molecule has 0 bridgehead atoms. The first kappa shape index (κ1) is 10.7. The molecule has 0 aromatic rings. The molecule has 0 spiro atoms. The fraction of sp³-hybridized carbons (Fsp3) is 0.900. The summed E-state index contributed by atoms with van der Waals surface area (Å²) in [4.78, 5) is 11.3. The molecule has 1 unspecified atom stereocenters. The van der Waals surface area contributed by atoms with Gasteiger partial charge in [0, 0.05) is 19.6 Å². The van der Waals surface area contributed by atoms with E-state index in [0.717, 1.165) is 25.9 Å². The van der Waals surface area contributed by atoms with Crippen molar-refractivity contribution in [3.05, 3.63) is 0 Å².